The largest absolute Gasteiger partial charge is 0.352 e. The molecule has 0 radical (unpaired) electrons. The smallest absolute Gasteiger partial charge is 0.316 e. The first-order valence-corrected chi connectivity index (χ1v) is 10.1. The topological polar surface area (TPSA) is 164 Å². The van der Waals surface area contributed by atoms with Crippen LogP contribution in [0.4, 0.5) is 22.7 Å². The van der Waals surface area contributed by atoms with Gasteiger partial charge in [0.05, 0.1) is 22.8 Å². The molecule has 2 N–H and O–H groups in total. The highest BCUT2D eigenvalue weighted by atomic mass is 32.2. The normalized spacial score (nSPS) is 14.5. The van der Waals surface area contributed by atoms with Crippen LogP contribution in [0, 0.1) is 0 Å². The minimum atomic E-state index is -2.59. The number of carbonyl (C=O) groups excluding carboxylic acids is 2. The molecule has 1 amide bonds. The van der Waals surface area contributed by atoms with Crippen LogP contribution in [0.3, 0.4) is 0 Å². The van der Waals surface area contributed by atoms with Crippen LogP contribution in [0.25, 0.3) is 0 Å². The van der Waals surface area contributed by atoms with Gasteiger partial charge < -0.3 is 10.6 Å². The molecule has 30 heavy (non-hydrogen) atoms. The summed E-state index contributed by atoms with van der Waals surface area (Å²) >= 11 is 0. The zero-order valence-electron chi connectivity index (χ0n) is 14.8. The summed E-state index contributed by atoms with van der Waals surface area (Å²) in [4.78, 5) is 27.8. The average molecular weight is 445 g/mol. The Morgan fingerprint density at radius 2 is 1.23 bits per heavy atom. The van der Waals surface area contributed by atoms with Gasteiger partial charge in [0.1, 0.15) is 0 Å². The number of amidine groups is 1. The van der Waals surface area contributed by atoms with E-state index in [2.05, 4.69) is 24.4 Å². The summed E-state index contributed by atoms with van der Waals surface area (Å²) in [6, 6.07) is 11.8. The lowest BCUT2D eigenvalue weighted by molar-refractivity contribution is -0.134. The summed E-state index contributed by atoms with van der Waals surface area (Å²) in [5.74, 6) is -1.58. The molecule has 0 aliphatic carbocycles. The maximum atomic E-state index is 11.8. The van der Waals surface area contributed by atoms with E-state index in [0.29, 0.717) is 11.4 Å². The first-order valence-electron chi connectivity index (χ1n) is 8.05. The van der Waals surface area contributed by atoms with Crippen LogP contribution in [-0.4, -0.2) is 34.4 Å². The number of hydrogen-bond donors (Lipinski definition) is 2. The van der Waals surface area contributed by atoms with E-state index in [1.54, 1.807) is 0 Å². The third kappa shape index (κ3) is 5.52. The van der Waals surface area contributed by atoms with Crippen LogP contribution in [0.1, 0.15) is 0 Å². The highest BCUT2D eigenvalue weighted by Gasteiger charge is 2.24. The molecule has 0 aromatic heterocycles. The van der Waals surface area contributed by atoms with Gasteiger partial charge in [-0.15, -0.1) is 8.73 Å². The Hall–Kier alpha value is -3.97. The third-order valence-corrected chi connectivity index (χ3v) is 4.30. The Labute approximate surface area is 172 Å². The predicted molar refractivity (Wildman–Crippen MR) is 107 cm³/mol. The summed E-state index contributed by atoms with van der Waals surface area (Å²) < 4.78 is 49.1. The van der Waals surface area contributed by atoms with Crippen molar-refractivity contribution in [2.75, 3.05) is 5.32 Å². The molecule has 0 saturated heterocycles. The van der Waals surface area contributed by atoms with Gasteiger partial charge in [0, 0.05) is 11.8 Å². The van der Waals surface area contributed by atoms with Gasteiger partial charge in [0.25, 0.3) is 5.91 Å². The minimum Gasteiger partial charge on any atom is -0.352 e. The summed E-state index contributed by atoms with van der Waals surface area (Å²) in [6.07, 6.45) is 1.08. The van der Waals surface area contributed by atoms with Crippen molar-refractivity contribution in [2.45, 2.75) is 0 Å². The van der Waals surface area contributed by atoms with Crippen LogP contribution in [0.5, 0.6) is 0 Å². The van der Waals surface area contributed by atoms with Gasteiger partial charge in [-0.25, -0.2) is 4.99 Å². The van der Waals surface area contributed by atoms with Gasteiger partial charge in [-0.1, -0.05) is 0 Å². The number of amides is 1. The fourth-order valence-corrected chi connectivity index (χ4v) is 2.92. The van der Waals surface area contributed by atoms with Crippen molar-refractivity contribution in [3.63, 3.8) is 0 Å². The average Bonchev–Trinajstić information content (AvgIpc) is 2.68. The van der Waals surface area contributed by atoms with Crippen molar-refractivity contribution in [2.24, 2.45) is 13.7 Å². The summed E-state index contributed by atoms with van der Waals surface area (Å²) in [6.45, 7) is 0. The van der Waals surface area contributed by atoms with E-state index >= 15 is 0 Å². The molecule has 0 unspecified atom stereocenters. The molecule has 152 valence electrons. The first kappa shape index (κ1) is 20.8. The molecule has 2 aromatic carbocycles. The highest BCUT2D eigenvalue weighted by molar-refractivity contribution is 7.62. The van der Waals surface area contributed by atoms with Crippen molar-refractivity contribution in [1.82, 2.24) is 5.32 Å². The van der Waals surface area contributed by atoms with Gasteiger partial charge in [0.15, 0.2) is 5.84 Å². The maximum Gasteiger partial charge on any atom is 0.316 e. The zero-order valence-corrected chi connectivity index (χ0v) is 16.4. The lowest BCUT2D eigenvalue weighted by Crippen LogP contribution is -2.42. The monoisotopic (exact) mass is 445 g/mol. The zero-order chi connectivity index (χ0) is 21.7. The highest BCUT2D eigenvalue weighted by Crippen LogP contribution is 2.22. The fourth-order valence-electron chi connectivity index (χ4n) is 2.34. The second-order valence-corrected chi connectivity index (χ2v) is 6.88. The number of nitrogens with one attached hydrogen (secondary N) is 2. The van der Waals surface area contributed by atoms with E-state index in [4.69, 9.17) is 0 Å². The number of aliphatic imine (C=N–C) groups is 1. The van der Waals surface area contributed by atoms with Crippen LogP contribution in [-0.2, 0) is 30.6 Å². The number of anilines is 1. The predicted octanol–water partition coefficient (Wildman–Crippen LogP) is 1.80. The standard InChI is InChI=1S/C17H11N5O6S2/c23-15-9-14(18-10-1-5-12(6-2-10)21-29(25)26)16(20-17(15)24)19-11-3-7-13(8-4-11)22-30(27)28/h1-9,18H,(H,19,20,24). The molecule has 0 spiro atoms. The molecule has 13 heteroatoms. The second kappa shape index (κ2) is 9.02. The summed E-state index contributed by atoms with van der Waals surface area (Å²) in [7, 11) is -5.17. The lowest BCUT2D eigenvalue weighted by atomic mass is 10.2. The van der Waals surface area contributed by atoms with E-state index in [1.807, 2.05) is 0 Å². The number of rotatable bonds is 5. The van der Waals surface area contributed by atoms with Crippen molar-refractivity contribution in [3.05, 3.63) is 60.3 Å². The second-order valence-electron chi connectivity index (χ2n) is 5.64. The molecule has 2 aromatic rings. The quantitative estimate of drug-likeness (QED) is 0.663. The van der Waals surface area contributed by atoms with Crippen molar-refractivity contribution < 1.29 is 26.4 Å². The van der Waals surface area contributed by atoms with Gasteiger partial charge in [0.2, 0.25) is 5.78 Å². The molecule has 1 aliphatic heterocycles. The SMILES string of the molecule is O=C1C=C(Nc2ccc(N=S(=O)=O)cc2)C(=Nc2ccc(N=S(=O)=O)cc2)NC1=O. The molecule has 3 rings (SSSR count). The Morgan fingerprint density at radius 3 is 1.77 bits per heavy atom. The molecular formula is C17H11N5O6S2. The van der Waals surface area contributed by atoms with E-state index in [1.165, 1.54) is 48.5 Å². The van der Waals surface area contributed by atoms with Crippen LogP contribution in [0.2, 0.25) is 0 Å². The molecule has 11 nitrogen and oxygen atoms in total. The number of benzene rings is 2. The van der Waals surface area contributed by atoms with Crippen LogP contribution < -0.4 is 10.6 Å². The van der Waals surface area contributed by atoms with Gasteiger partial charge >= 0.3 is 21.0 Å². The first-order chi connectivity index (χ1) is 14.3. The number of carbonyl (C=O) groups is 2. The Balaban J connectivity index is 1.90. The molecule has 0 bridgehead atoms. The van der Waals surface area contributed by atoms with Crippen LogP contribution in [0.15, 0.2) is 74.0 Å². The maximum absolute atomic E-state index is 11.8. The Bertz CT molecular complexity index is 1340. The minimum absolute atomic E-state index is 0.0612. The van der Waals surface area contributed by atoms with Gasteiger partial charge in [-0.3, -0.25) is 9.59 Å². The number of hydrogen-bond acceptors (Lipinski definition) is 10. The van der Waals surface area contributed by atoms with Gasteiger partial charge in [-0.05, 0) is 48.5 Å². The molecule has 1 aliphatic rings. The van der Waals surface area contributed by atoms with Gasteiger partial charge in [-0.2, -0.15) is 16.8 Å². The molecule has 0 atom stereocenters. The Kier molecular flexibility index (Phi) is 6.24. The van der Waals surface area contributed by atoms with Crippen molar-refractivity contribution in [3.8, 4) is 0 Å². The number of nitrogens with zero attached hydrogens (tertiary/aromatic N) is 3. The number of ketones is 1. The summed E-state index contributed by atoms with van der Waals surface area (Å²) in [5.41, 5.74) is 1.48. The molecular weight excluding hydrogens is 434 g/mol. The third-order valence-electron chi connectivity index (χ3n) is 3.58. The molecule has 0 fully saturated rings. The lowest BCUT2D eigenvalue weighted by Gasteiger charge is -2.18. The van der Waals surface area contributed by atoms with E-state index in [9.17, 15) is 26.4 Å². The van der Waals surface area contributed by atoms with Crippen LogP contribution >= 0.6 is 0 Å². The molecule has 1 heterocycles. The van der Waals surface area contributed by atoms with E-state index < -0.39 is 32.7 Å². The van der Waals surface area contributed by atoms with Crippen molar-refractivity contribution >= 4 is 61.3 Å². The van der Waals surface area contributed by atoms with E-state index in [0.717, 1.165) is 6.08 Å². The summed E-state index contributed by atoms with van der Waals surface area (Å²) in [5, 5.41) is 5.30. The van der Waals surface area contributed by atoms with Crippen molar-refractivity contribution in [1.29, 1.82) is 0 Å². The fraction of sp³-hybridized carbons (Fsp3) is 0. The molecule has 0 saturated carbocycles. The van der Waals surface area contributed by atoms with E-state index in [-0.39, 0.29) is 22.9 Å². The Morgan fingerprint density at radius 1 is 0.733 bits per heavy atom.